The molecule has 140 valence electrons. The highest BCUT2D eigenvalue weighted by Crippen LogP contribution is 2.32. The first kappa shape index (κ1) is 17.6. The standard InChI is InChI=1S/C22H20N4O2/c1-13-3-2-4-17(9-13)26-22(28)25-16-7-5-14(6-8-16)18-10-15(23)11-19-20(18)12-24-21(19)27/h2-11H,12,23H2,1H3,(H,24,27)(H2,25,26,28). The maximum absolute atomic E-state index is 12.2. The maximum atomic E-state index is 12.2. The zero-order chi connectivity index (χ0) is 19.7. The first-order chi connectivity index (χ1) is 13.5. The summed E-state index contributed by atoms with van der Waals surface area (Å²) in [5.41, 5.74) is 12.4. The summed E-state index contributed by atoms with van der Waals surface area (Å²) in [6.07, 6.45) is 0. The highest BCUT2D eigenvalue weighted by atomic mass is 16.2. The van der Waals surface area contributed by atoms with Gasteiger partial charge in [-0.25, -0.2) is 4.79 Å². The van der Waals surface area contributed by atoms with Gasteiger partial charge in [-0.1, -0.05) is 24.3 Å². The summed E-state index contributed by atoms with van der Waals surface area (Å²) in [7, 11) is 0. The number of urea groups is 1. The summed E-state index contributed by atoms with van der Waals surface area (Å²) in [6.45, 7) is 2.46. The van der Waals surface area contributed by atoms with Crippen molar-refractivity contribution in [2.45, 2.75) is 13.5 Å². The number of carbonyl (C=O) groups is 2. The summed E-state index contributed by atoms with van der Waals surface area (Å²) in [6, 6.07) is 18.3. The Morgan fingerprint density at radius 2 is 1.68 bits per heavy atom. The second-order valence-electron chi connectivity index (χ2n) is 6.80. The molecule has 0 spiro atoms. The third-order valence-corrected chi connectivity index (χ3v) is 4.67. The van der Waals surface area contributed by atoms with Gasteiger partial charge in [-0.05, 0) is 65.6 Å². The molecule has 5 N–H and O–H groups in total. The molecule has 0 saturated carbocycles. The maximum Gasteiger partial charge on any atom is 0.323 e. The molecule has 3 aromatic carbocycles. The van der Waals surface area contributed by atoms with E-state index in [-0.39, 0.29) is 11.9 Å². The van der Waals surface area contributed by atoms with E-state index in [4.69, 9.17) is 5.73 Å². The number of nitrogens with two attached hydrogens (primary N) is 1. The molecular weight excluding hydrogens is 352 g/mol. The van der Waals surface area contributed by atoms with E-state index in [0.717, 1.165) is 27.9 Å². The second kappa shape index (κ2) is 7.08. The van der Waals surface area contributed by atoms with Gasteiger partial charge in [0.1, 0.15) is 0 Å². The van der Waals surface area contributed by atoms with E-state index >= 15 is 0 Å². The van der Waals surface area contributed by atoms with E-state index in [9.17, 15) is 9.59 Å². The van der Waals surface area contributed by atoms with E-state index in [1.165, 1.54) is 0 Å². The van der Waals surface area contributed by atoms with Crippen LogP contribution in [0.25, 0.3) is 11.1 Å². The molecule has 4 rings (SSSR count). The van der Waals surface area contributed by atoms with Crippen molar-refractivity contribution in [3.8, 4) is 11.1 Å². The highest BCUT2D eigenvalue weighted by molar-refractivity contribution is 6.02. The Bertz CT molecular complexity index is 1070. The van der Waals surface area contributed by atoms with Gasteiger partial charge in [-0.3, -0.25) is 4.79 Å². The van der Waals surface area contributed by atoms with Gasteiger partial charge >= 0.3 is 6.03 Å². The fourth-order valence-corrected chi connectivity index (χ4v) is 3.36. The van der Waals surface area contributed by atoms with Crippen molar-refractivity contribution in [2.75, 3.05) is 16.4 Å². The fourth-order valence-electron chi connectivity index (χ4n) is 3.36. The minimum atomic E-state index is -0.307. The predicted octanol–water partition coefficient (Wildman–Crippen LogP) is 4.13. The molecule has 0 fully saturated rings. The second-order valence-corrected chi connectivity index (χ2v) is 6.80. The quantitative estimate of drug-likeness (QED) is 0.521. The van der Waals surface area contributed by atoms with Crippen LogP contribution in [-0.4, -0.2) is 11.9 Å². The topological polar surface area (TPSA) is 96.2 Å². The lowest BCUT2D eigenvalue weighted by Crippen LogP contribution is -2.19. The average molecular weight is 372 g/mol. The van der Waals surface area contributed by atoms with E-state index in [2.05, 4.69) is 16.0 Å². The predicted molar refractivity (Wildman–Crippen MR) is 111 cm³/mol. The highest BCUT2D eigenvalue weighted by Gasteiger charge is 2.23. The minimum absolute atomic E-state index is 0.102. The number of benzene rings is 3. The van der Waals surface area contributed by atoms with Crippen LogP contribution in [0.5, 0.6) is 0 Å². The van der Waals surface area contributed by atoms with Crippen LogP contribution in [0.4, 0.5) is 21.9 Å². The van der Waals surface area contributed by atoms with Crippen LogP contribution < -0.4 is 21.7 Å². The largest absolute Gasteiger partial charge is 0.399 e. The molecule has 3 amide bonds. The monoisotopic (exact) mass is 372 g/mol. The Hall–Kier alpha value is -3.80. The molecule has 6 nitrogen and oxygen atoms in total. The lowest BCUT2D eigenvalue weighted by Gasteiger charge is -2.11. The Kier molecular flexibility index (Phi) is 4.45. The number of amides is 3. The zero-order valence-electron chi connectivity index (χ0n) is 15.4. The summed E-state index contributed by atoms with van der Waals surface area (Å²) in [4.78, 5) is 24.1. The third-order valence-electron chi connectivity index (χ3n) is 4.67. The Labute approximate surface area is 162 Å². The van der Waals surface area contributed by atoms with Crippen LogP contribution in [0.15, 0.2) is 60.7 Å². The smallest absolute Gasteiger partial charge is 0.323 e. The average Bonchev–Trinajstić information content (AvgIpc) is 3.02. The number of fused-ring (bicyclic) bond motifs is 1. The molecule has 3 aromatic rings. The fraction of sp³-hybridized carbons (Fsp3) is 0.0909. The van der Waals surface area contributed by atoms with Crippen LogP contribution in [0.1, 0.15) is 21.5 Å². The number of anilines is 3. The third kappa shape index (κ3) is 3.53. The van der Waals surface area contributed by atoms with E-state index in [0.29, 0.717) is 23.5 Å². The molecule has 0 aliphatic carbocycles. The molecule has 0 radical (unpaired) electrons. The van der Waals surface area contributed by atoms with Crippen molar-refractivity contribution in [2.24, 2.45) is 0 Å². The van der Waals surface area contributed by atoms with E-state index < -0.39 is 0 Å². The number of aryl methyl sites for hydroxylation is 1. The molecule has 0 atom stereocenters. The molecule has 6 heteroatoms. The van der Waals surface area contributed by atoms with Crippen molar-refractivity contribution in [3.05, 3.63) is 77.4 Å². The number of hydrogen-bond donors (Lipinski definition) is 4. The number of nitrogens with one attached hydrogen (secondary N) is 3. The molecule has 0 unspecified atom stereocenters. The van der Waals surface area contributed by atoms with Crippen LogP contribution in [0, 0.1) is 6.92 Å². The van der Waals surface area contributed by atoms with Crippen LogP contribution in [-0.2, 0) is 6.54 Å². The first-order valence-corrected chi connectivity index (χ1v) is 8.95. The molecule has 0 bridgehead atoms. The SMILES string of the molecule is Cc1cccc(NC(=O)Nc2ccc(-c3cc(N)cc4c3CNC4=O)cc2)c1. The zero-order valence-corrected chi connectivity index (χ0v) is 15.4. The van der Waals surface area contributed by atoms with Crippen molar-refractivity contribution >= 4 is 29.0 Å². The number of carbonyl (C=O) groups excluding carboxylic acids is 2. The van der Waals surface area contributed by atoms with Gasteiger partial charge in [0.25, 0.3) is 5.91 Å². The minimum Gasteiger partial charge on any atom is -0.399 e. The van der Waals surface area contributed by atoms with Gasteiger partial charge in [0, 0.05) is 29.2 Å². The summed E-state index contributed by atoms with van der Waals surface area (Å²) >= 11 is 0. The number of rotatable bonds is 3. The Morgan fingerprint density at radius 3 is 2.43 bits per heavy atom. The molecule has 1 heterocycles. The van der Waals surface area contributed by atoms with Crippen molar-refractivity contribution in [1.29, 1.82) is 0 Å². The summed E-state index contributed by atoms with van der Waals surface area (Å²) < 4.78 is 0. The van der Waals surface area contributed by atoms with Crippen LogP contribution in [0.3, 0.4) is 0 Å². The van der Waals surface area contributed by atoms with Gasteiger partial charge in [0.05, 0.1) is 0 Å². The van der Waals surface area contributed by atoms with Gasteiger partial charge in [-0.15, -0.1) is 0 Å². The summed E-state index contributed by atoms with van der Waals surface area (Å²) in [5, 5.41) is 8.46. The van der Waals surface area contributed by atoms with Gasteiger partial charge in [0.15, 0.2) is 0 Å². The van der Waals surface area contributed by atoms with E-state index in [1.54, 1.807) is 6.07 Å². The molecule has 1 aliphatic heterocycles. The number of nitrogen functional groups attached to an aromatic ring is 1. The lowest BCUT2D eigenvalue weighted by molar-refractivity contribution is 0.0965. The van der Waals surface area contributed by atoms with Crippen molar-refractivity contribution in [1.82, 2.24) is 5.32 Å². The molecular formula is C22H20N4O2. The van der Waals surface area contributed by atoms with Crippen molar-refractivity contribution in [3.63, 3.8) is 0 Å². The molecule has 0 saturated heterocycles. The molecule has 0 aromatic heterocycles. The van der Waals surface area contributed by atoms with Gasteiger partial charge in [-0.2, -0.15) is 0 Å². The van der Waals surface area contributed by atoms with Crippen LogP contribution >= 0.6 is 0 Å². The lowest BCUT2D eigenvalue weighted by atomic mass is 9.96. The summed E-state index contributed by atoms with van der Waals surface area (Å²) in [5.74, 6) is -0.102. The number of hydrogen-bond acceptors (Lipinski definition) is 3. The van der Waals surface area contributed by atoms with E-state index in [1.807, 2.05) is 61.5 Å². The van der Waals surface area contributed by atoms with Crippen LogP contribution in [0.2, 0.25) is 0 Å². The van der Waals surface area contributed by atoms with Gasteiger partial charge in [0.2, 0.25) is 0 Å². The van der Waals surface area contributed by atoms with Crippen molar-refractivity contribution < 1.29 is 9.59 Å². The van der Waals surface area contributed by atoms with Gasteiger partial charge < -0.3 is 21.7 Å². The first-order valence-electron chi connectivity index (χ1n) is 8.95. The molecule has 28 heavy (non-hydrogen) atoms. The normalized spacial score (nSPS) is 12.2. The Morgan fingerprint density at radius 1 is 0.964 bits per heavy atom. The molecule has 1 aliphatic rings. The Balaban J connectivity index is 1.51.